The first-order valence-electron chi connectivity index (χ1n) is 10.3. The number of thiazole rings is 1. The van der Waals surface area contributed by atoms with Gasteiger partial charge in [0.05, 0.1) is 30.0 Å². The number of carbonyl (C=O) groups is 1. The first-order valence-corrected chi connectivity index (χ1v) is 11.1. The Bertz CT molecular complexity index is 980. The fourth-order valence-corrected chi connectivity index (χ4v) is 5.06. The Hall–Kier alpha value is -2.28. The van der Waals surface area contributed by atoms with Crippen molar-refractivity contribution in [3.05, 3.63) is 59.2 Å². The number of anilines is 1. The SMILES string of the molecule is Cc1cc(C)c2nc(N(CCC[NH+]3CCOCC3)C(=O)c3ccccc3)sc2c1. The Morgan fingerprint density at radius 2 is 1.93 bits per heavy atom. The van der Waals surface area contributed by atoms with Crippen molar-refractivity contribution in [2.75, 3.05) is 44.3 Å². The molecule has 152 valence electrons. The number of hydrogen-bond donors (Lipinski definition) is 1. The zero-order valence-electron chi connectivity index (χ0n) is 17.1. The average Bonchev–Trinajstić information content (AvgIpc) is 3.16. The highest BCUT2D eigenvalue weighted by atomic mass is 32.1. The highest BCUT2D eigenvalue weighted by Gasteiger charge is 2.23. The lowest BCUT2D eigenvalue weighted by Gasteiger charge is -2.25. The number of carbonyl (C=O) groups excluding carboxylic acids is 1. The molecule has 6 heteroatoms. The molecule has 29 heavy (non-hydrogen) atoms. The number of aromatic nitrogens is 1. The van der Waals surface area contributed by atoms with Gasteiger partial charge in [0.15, 0.2) is 5.13 Å². The van der Waals surface area contributed by atoms with Crippen LogP contribution >= 0.6 is 11.3 Å². The lowest BCUT2D eigenvalue weighted by atomic mass is 10.1. The van der Waals surface area contributed by atoms with E-state index in [1.165, 1.54) is 5.56 Å². The molecule has 0 atom stereocenters. The Morgan fingerprint density at radius 1 is 1.17 bits per heavy atom. The number of aryl methyl sites for hydroxylation is 2. The van der Waals surface area contributed by atoms with E-state index in [0.29, 0.717) is 12.1 Å². The molecule has 1 fully saturated rings. The predicted octanol–water partition coefficient (Wildman–Crippen LogP) is 2.87. The minimum atomic E-state index is 0.0241. The minimum Gasteiger partial charge on any atom is -0.370 e. The molecule has 0 spiro atoms. The molecule has 0 aliphatic carbocycles. The van der Waals surface area contributed by atoms with Gasteiger partial charge in [-0.15, -0.1) is 0 Å². The van der Waals surface area contributed by atoms with Crippen LogP contribution in [0.15, 0.2) is 42.5 Å². The maximum absolute atomic E-state index is 13.3. The smallest absolute Gasteiger partial charge is 0.260 e. The number of rotatable bonds is 6. The fraction of sp³-hybridized carbons (Fsp3) is 0.391. The van der Waals surface area contributed by atoms with E-state index in [-0.39, 0.29) is 5.91 Å². The number of fused-ring (bicyclic) bond motifs is 1. The van der Waals surface area contributed by atoms with Crippen molar-refractivity contribution < 1.29 is 14.4 Å². The Balaban J connectivity index is 1.59. The highest BCUT2D eigenvalue weighted by molar-refractivity contribution is 7.22. The molecule has 4 rings (SSSR count). The molecule has 1 aliphatic heterocycles. The van der Waals surface area contributed by atoms with E-state index in [4.69, 9.17) is 9.72 Å². The molecule has 1 aliphatic rings. The zero-order valence-corrected chi connectivity index (χ0v) is 17.9. The number of benzene rings is 2. The molecule has 1 amide bonds. The van der Waals surface area contributed by atoms with Gasteiger partial charge >= 0.3 is 0 Å². The van der Waals surface area contributed by atoms with Gasteiger partial charge in [0.2, 0.25) is 0 Å². The quantitative estimate of drug-likeness (QED) is 0.680. The largest absolute Gasteiger partial charge is 0.370 e. The van der Waals surface area contributed by atoms with E-state index in [1.807, 2.05) is 35.2 Å². The second-order valence-electron chi connectivity index (χ2n) is 7.71. The molecule has 2 heterocycles. The molecule has 1 N–H and O–H groups in total. The summed E-state index contributed by atoms with van der Waals surface area (Å²) < 4.78 is 6.59. The van der Waals surface area contributed by atoms with E-state index in [1.54, 1.807) is 16.2 Å². The summed E-state index contributed by atoms with van der Waals surface area (Å²) in [6.07, 6.45) is 0.946. The standard InChI is InChI=1S/C23H27N3O2S/c1-17-15-18(2)21-20(16-17)29-23(24-21)26(22(27)19-7-4-3-5-8-19)10-6-9-25-11-13-28-14-12-25/h3-5,7-8,15-16H,6,9-14H2,1-2H3/p+1. The number of nitrogens with zero attached hydrogens (tertiary/aromatic N) is 2. The summed E-state index contributed by atoms with van der Waals surface area (Å²) in [7, 11) is 0. The second kappa shape index (κ2) is 9.03. The van der Waals surface area contributed by atoms with E-state index >= 15 is 0 Å². The highest BCUT2D eigenvalue weighted by Crippen LogP contribution is 2.32. The van der Waals surface area contributed by atoms with Gasteiger partial charge in [-0.3, -0.25) is 9.69 Å². The van der Waals surface area contributed by atoms with Crippen molar-refractivity contribution in [1.29, 1.82) is 0 Å². The normalized spacial score (nSPS) is 15.0. The summed E-state index contributed by atoms with van der Waals surface area (Å²) in [4.78, 5) is 21.6. The summed E-state index contributed by atoms with van der Waals surface area (Å²) in [5.41, 5.74) is 4.09. The van der Waals surface area contributed by atoms with Crippen molar-refractivity contribution in [3.63, 3.8) is 0 Å². The molecule has 0 unspecified atom stereocenters. The lowest BCUT2D eigenvalue weighted by Crippen LogP contribution is -3.14. The van der Waals surface area contributed by atoms with Crippen LogP contribution in [-0.4, -0.2) is 50.3 Å². The maximum Gasteiger partial charge on any atom is 0.260 e. The van der Waals surface area contributed by atoms with Crippen molar-refractivity contribution in [3.8, 4) is 0 Å². The van der Waals surface area contributed by atoms with Crippen LogP contribution in [0.25, 0.3) is 10.2 Å². The molecule has 3 aromatic rings. The maximum atomic E-state index is 13.3. The van der Waals surface area contributed by atoms with Crippen LogP contribution < -0.4 is 9.80 Å². The van der Waals surface area contributed by atoms with Crippen molar-refractivity contribution in [2.24, 2.45) is 0 Å². The third kappa shape index (κ3) is 4.66. The Labute approximate surface area is 175 Å². The van der Waals surface area contributed by atoms with E-state index in [0.717, 1.165) is 60.2 Å². The number of hydrogen-bond acceptors (Lipinski definition) is 4. The average molecular weight is 411 g/mol. The summed E-state index contributed by atoms with van der Waals surface area (Å²) >= 11 is 1.61. The molecule has 0 bridgehead atoms. The first-order chi connectivity index (χ1) is 14.1. The van der Waals surface area contributed by atoms with Gasteiger partial charge in [-0.1, -0.05) is 35.6 Å². The molecule has 5 nitrogen and oxygen atoms in total. The molecule has 0 radical (unpaired) electrons. The van der Waals surface area contributed by atoms with Gasteiger partial charge < -0.3 is 9.64 Å². The van der Waals surface area contributed by atoms with Crippen LogP contribution in [0.1, 0.15) is 27.9 Å². The molecule has 2 aromatic carbocycles. The van der Waals surface area contributed by atoms with Gasteiger partial charge in [0, 0.05) is 18.5 Å². The fourth-order valence-electron chi connectivity index (χ4n) is 3.89. The van der Waals surface area contributed by atoms with Crippen LogP contribution in [0.5, 0.6) is 0 Å². The number of ether oxygens (including phenoxy) is 1. The number of nitrogens with one attached hydrogen (secondary N) is 1. The summed E-state index contributed by atoms with van der Waals surface area (Å²) in [6.45, 7) is 9.67. The van der Waals surface area contributed by atoms with Gasteiger partial charge in [-0.2, -0.15) is 0 Å². The van der Waals surface area contributed by atoms with Gasteiger partial charge in [-0.05, 0) is 43.2 Å². The van der Waals surface area contributed by atoms with Gasteiger partial charge in [0.25, 0.3) is 5.91 Å². The van der Waals surface area contributed by atoms with Crippen molar-refractivity contribution in [1.82, 2.24) is 4.98 Å². The third-order valence-electron chi connectivity index (χ3n) is 5.43. The molecular formula is C23H28N3O2S+. The first kappa shape index (κ1) is 20.0. The predicted molar refractivity (Wildman–Crippen MR) is 118 cm³/mol. The molecule has 1 aromatic heterocycles. The molecule has 1 saturated heterocycles. The third-order valence-corrected chi connectivity index (χ3v) is 6.45. The Morgan fingerprint density at radius 3 is 2.69 bits per heavy atom. The van der Waals surface area contributed by atoms with Gasteiger partial charge in [0.1, 0.15) is 13.1 Å². The van der Waals surface area contributed by atoms with Crippen LogP contribution in [0.2, 0.25) is 0 Å². The second-order valence-corrected chi connectivity index (χ2v) is 8.72. The van der Waals surface area contributed by atoms with Crippen molar-refractivity contribution in [2.45, 2.75) is 20.3 Å². The molecular weight excluding hydrogens is 382 g/mol. The van der Waals surface area contributed by atoms with E-state index in [2.05, 4.69) is 26.0 Å². The number of amides is 1. The van der Waals surface area contributed by atoms with Crippen LogP contribution in [-0.2, 0) is 4.74 Å². The zero-order chi connectivity index (χ0) is 20.2. The van der Waals surface area contributed by atoms with Crippen LogP contribution in [0, 0.1) is 13.8 Å². The molecule has 0 saturated carbocycles. The summed E-state index contributed by atoms with van der Waals surface area (Å²) in [5.74, 6) is 0.0241. The van der Waals surface area contributed by atoms with Crippen LogP contribution in [0.4, 0.5) is 5.13 Å². The minimum absolute atomic E-state index is 0.0241. The Kier molecular flexibility index (Phi) is 6.23. The lowest BCUT2D eigenvalue weighted by molar-refractivity contribution is -0.908. The number of morpholine rings is 1. The monoisotopic (exact) mass is 410 g/mol. The summed E-state index contributed by atoms with van der Waals surface area (Å²) in [6, 6.07) is 13.8. The summed E-state index contributed by atoms with van der Waals surface area (Å²) in [5, 5.41) is 0.791. The van der Waals surface area contributed by atoms with E-state index < -0.39 is 0 Å². The topological polar surface area (TPSA) is 46.9 Å². The van der Waals surface area contributed by atoms with Crippen LogP contribution in [0.3, 0.4) is 0 Å². The number of quaternary nitrogens is 1. The van der Waals surface area contributed by atoms with Crippen molar-refractivity contribution >= 4 is 32.6 Å². The van der Waals surface area contributed by atoms with Gasteiger partial charge in [-0.25, -0.2) is 4.98 Å². The van der Waals surface area contributed by atoms with E-state index in [9.17, 15) is 4.79 Å².